The third-order valence-corrected chi connectivity index (χ3v) is 3.86. The van der Waals surface area contributed by atoms with Crippen molar-refractivity contribution < 1.29 is 4.79 Å². The first-order valence-corrected chi connectivity index (χ1v) is 7.67. The third kappa shape index (κ3) is 3.09. The minimum absolute atomic E-state index is 0.0292. The number of hydrogen-bond acceptors (Lipinski definition) is 5. The molecular weight excluding hydrogens is 266 g/mol. The van der Waals surface area contributed by atoms with E-state index in [1.54, 1.807) is 11.9 Å². The number of amides is 1. The topological polar surface area (TPSA) is 70.2 Å². The molecule has 2 unspecified atom stereocenters. The second kappa shape index (κ2) is 6.28. The van der Waals surface area contributed by atoms with Crippen LogP contribution in [0.15, 0.2) is 0 Å². The Morgan fingerprint density at radius 2 is 2.10 bits per heavy atom. The maximum atomic E-state index is 12.2. The number of rotatable bonds is 5. The Labute approximate surface area is 126 Å². The molecule has 6 heteroatoms. The second-order valence-corrected chi connectivity index (χ2v) is 5.62. The minimum Gasteiger partial charge on any atom is -0.365 e. The van der Waals surface area contributed by atoms with Crippen molar-refractivity contribution >= 4 is 23.2 Å². The summed E-state index contributed by atoms with van der Waals surface area (Å²) in [5.41, 5.74) is 0.748. The Kier molecular flexibility index (Phi) is 4.65. The van der Waals surface area contributed by atoms with Gasteiger partial charge in [-0.15, -0.1) is 0 Å². The van der Waals surface area contributed by atoms with Gasteiger partial charge in [0.15, 0.2) is 11.6 Å². The Balaban J connectivity index is 2.40. The molecule has 1 aromatic heterocycles. The van der Waals surface area contributed by atoms with E-state index < -0.39 is 0 Å². The van der Waals surface area contributed by atoms with Crippen LogP contribution < -0.4 is 15.5 Å². The summed E-state index contributed by atoms with van der Waals surface area (Å²) in [6, 6.07) is 0.0958. The molecule has 2 atom stereocenters. The Morgan fingerprint density at radius 3 is 2.71 bits per heavy atom. The van der Waals surface area contributed by atoms with E-state index in [2.05, 4.69) is 34.4 Å². The van der Waals surface area contributed by atoms with E-state index in [1.807, 2.05) is 13.8 Å². The number of fused-ring (bicyclic) bond motifs is 1. The van der Waals surface area contributed by atoms with E-state index >= 15 is 0 Å². The predicted molar refractivity (Wildman–Crippen MR) is 85.9 cm³/mol. The molecule has 21 heavy (non-hydrogen) atoms. The molecule has 0 spiro atoms. The van der Waals surface area contributed by atoms with Gasteiger partial charge in [-0.05, 0) is 26.7 Å². The fourth-order valence-corrected chi connectivity index (χ4v) is 2.67. The summed E-state index contributed by atoms with van der Waals surface area (Å²) < 4.78 is 0. The number of aromatic nitrogens is 2. The number of aryl methyl sites for hydroxylation is 1. The van der Waals surface area contributed by atoms with E-state index in [1.165, 1.54) is 0 Å². The molecule has 1 aromatic rings. The molecule has 1 amide bonds. The Morgan fingerprint density at radius 1 is 1.38 bits per heavy atom. The number of carbonyl (C=O) groups is 1. The van der Waals surface area contributed by atoms with Gasteiger partial charge in [0.2, 0.25) is 5.91 Å². The SMILES string of the molecule is CCCC(CC)Nc1nc(C)nc2c1N(C)C(=O)C(C)N2. The molecule has 116 valence electrons. The molecule has 2 heterocycles. The van der Waals surface area contributed by atoms with Crippen LogP contribution in [-0.2, 0) is 4.79 Å². The van der Waals surface area contributed by atoms with Crippen molar-refractivity contribution in [1.29, 1.82) is 0 Å². The fraction of sp³-hybridized carbons (Fsp3) is 0.667. The van der Waals surface area contributed by atoms with Gasteiger partial charge < -0.3 is 15.5 Å². The average Bonchev–Trinajstić information content (AvgIpc) is 2.43. The van der Waals surface area contributed by atoms with Crippen LogP contribution in [0.3, 0.4) is 0 Å². The summed E-state index contributed by atoms with van der Waals surface area (Å²) in [4.78, 5) is 22.8. The average molecular weight is 291 g/mol. The maximum Gasteiger partial charge on any atom is 0.249 e. The zero-order chi connectivity index (χ0) is 15.6. The molecule has 1 aliphatic rings. The van der Waals surface area contributed by atoms with Crippen LogP contribution in [-0.4, -0.2) is 35.0 Å². The number of nitrogens with zero attached hydrogens (tertiary/aromatic N) is 3. The normalized spacial score (nSPS) is 19.0. The molecular formula is C15H25N5O. The summed E-state index contributed by atoms with van der Waals surface area (Å²) in [6.07, 6.45) is 3.21. The summed E-state index contributed by atoms with van der Waals surface area (Å²) in [5.74, 6) is 2.20. The molecule has 0 radical (unpaired) electrons. The predicted octanol–water partition coefficient (Wildman–Crippen LogP) is 2.55. The number of anilines is 3. The van der Waals surface area contributed by atoms with Crippen molar-refractivity contribution in [3.05, 3.63) is 5.82 Å². The van der Waals surface area contributed by atoms with Gasteiger partial charge in [-0.25, -0.2) is 9.97 Å². The molecule has 0 aromatic carbocycles. The highest BCUT2D eigenvalue weighted by molar-refractivity contribution is 6.06. The number of carbonyl (C=O) groups excluding carboxylic acids is 1. The first kappa shape index (κ1) is 15.5. The van der Waals surface area contributed by atoms with Crippen LogP contribution in [0.5, 0.6) is 0 Å². The Bertz CT molecular complexity index is 531. The molecule has 0 saturated heterocycles. The highest BCUT2D eigenvalue weighted by Crippen LogP contribution is 2.35. The van der Waals surface area contributed by atoms with E-state index in [-0.39, 0.29) is 11.9 Å². The van der Waals surface area contributed by atoms with Crippen LogP contribution in [0.2, 0.25) is 0 Å². The highest BCUT2D eigenvalue weighted by atomic mass is 16.2. The van der Waals surface area contributed by atoms with Gasteiger partial charge in [-0.1, -0.05) is 20.3 Å². The van der Waals surface area contributed by atoms with Crippen LogP contribution in [0, 0.1) is 6.92 Å². The monoisotopic (exact) mass is 291 g/mol. The molecule has 2 rings (SSSR count). The lowest BCUT2D eigenvalue weighted by molar-refractivity contribution is -0.118. The summed E-state index contributed by atoms with van der Waals surface area (Å²) in [5, 5.41) is 6.64. The first-order valence-electron chi connectivity index (χ1n) is 7.67. The summed E-state index contributed by atoms with van der Waals surface area (Å²) in [7, 11) is 1.78. The summed E-state index contributed by atoms with van der Waals surface area (Å²) in [6.45, 7) is 8.04. The quantitative estimate of drug-likeness (QED) is 0.872. The molecule has 0 aliphatic carbocycles. The zero-order valence-electron chi connectivity index (χ0n) is 13.5. The van der Waals surface area contributed by atoms with Crippen LogP contribution in [0.4, 0.5) is 17.3 Å². The number of hydrogen-bond donors (Lipinski definition) is 2. The number of nitrogens with one attached hydrogen (secondary N) is 2. The lowest BCUT2D eigenvalue weighted by Crippen LogP contribution is -2.44. The second-order valence-electron chi connectivity index (χ2n) is 5.62. The van der Waals surface area contributed by atoms with E-state index in [0.29, 0.717) is 11.9 Å². The van der Waals surface area contributed by atoms with Gasteiger partial charge in [-0.3, -0.25) is 4.79 Å². The third-order valence-electron chi connectivity index (χ3n) is 3.86. The van der Waals surface area contributed by atoms with Crippen molar-refractivity contribution in [2.45, 2.75) is 59.0 Å². The van der Waals surface area contributed by atoms with Crippen molar-refractivity contribution in [1.82, 2.24) is 9.97 Å². The molecule has 0 saturated carbocycles. The minimum atomic E-state index is -0.262. The van der Waals surface area contributed by atoms with Crippen molar-refractivity contribution in [3.63, 3.8) is 0 Å². The van der Waals surface area contributed by atoms with Gasteiger partial charge in [0.1, 0.15) is 17.6 Å². The largest absolute Gasteiger partial charge is 0.365 e. The fourth-order valence-electron chi connectivity index (χ4n) is 2.67. The van der Waals surface area contributed by atoms with Gasteiger partial charge in [0.25, 0.3) is 0 Å². The molecule has 6 nitrogen and oxygen atoms in total. The summed E-state index contributed by atoms with van der Waals surface area (Å²) >= 11 is 0. The maximum absolute atomic E-state index is 12.2. The van der Waals surface area contributed by atoms with Gasteiger partial charge in [0, 0.05) is 13.1 Å². The van der Waals surface area contributed by atoms with E-state index in [4.69, 9.17) is 0 Å². The van der Waals surface area contributed by atoms with Crippen LogP contribution >= 0.6 is 0 Å². The van der Waals surface area contributed by atoms with E-state index in [9.17, 15) is 4.79 Å². The smallest absolute Gasteiger partial charge is 0.249 e. The molecule has 0 bridgehead atoms. The van der Waals surface area contributed by atoms with Crippen LogP contribution in [0.25, 0.3) is 0 Å². The number of likely N-dealkylation sites (N-methyl/N-ethyl adjacent to an activating group) is 1. The first-order chi connectivity index (χ1) is 9.97. The Hall–Kier alpha value is -1.85. The lowest BCUT2D eigenvalue weighted by atomic mass is 10.1. The van der Waals surface area contributed by atoms with Crippen molar-refractivity contribution in [3.8, 4) is 0 Å². The van der Waals surface area contributed by atoms with Crippen LogP contribution in [0.1, 0.15) is 45.9 Å². The van der Waals surface area contributed by atoms with E-state index in [0.717, 1.165) is 36.6 Å². The molecule has 1 aliphatic heterocycles. The molecule has 2 N–H and O–H groups in total. The van der Waals surface area contributed by atoms with Gasteiger partial charge >= 0.3 is 0 Å². The van der Waals surface area contributed by atoms with Crippen molar-refractivity contribution in [2.75, 3.05) is 22.6 Å². The molecule has 0 fully saturated rings. The van der Waals surface area contributed by atoms with Crippen molar-refractivity contribution in [2.24, 2.45) is 0 Å². The standard InChI is InChI=1S/C15H25N5O/c1-6-8-11(7-2)19-14-12-13(17-10(4)18-14)16-9(3)15(21)20(12)5/h9,11H,6-8H2,1-5H3,(H2,16,17,18,19). The highest BCUT2D eigenvalue weighted by Gasteiger charge is 2.31. The van der Waals surface area contributed by atoms with Gasteiger partial charge in [0.05, 0.1) is 0 Å². The lowest BCUT2D eigenvalue weighted by Gasteiger charge is -2.32. The van der Waals surface area contributed by atoms with Gasteiger partial charge in [-0.2, -0.15) is 0 Å². The zero-order valence-corrected chi connectivity index (χ0v) is 13.5.